The second kappa shape index (κ2) is 6.76. The lowest BCUT2D eigenvalue weighted by Crippen LogP contribution is -2.48. The van der Waals surface area contributed by atoms with Crippen LogP contribution in [-0.4, -0.2) is 72.5 Å². The van der Waals surface area contributed by atoms with Gasteiger partial charge in [-0.2, -0.15) is 0 Å². The maximum absolute atomic E-state index is 12.9. The van der Waals surface area contributed by atoms with Crippen LogP contribution in [0.1, 0.15) is 47.6 Å². The Balaban J connectivity index is 1.41. The zero-order chi connectivity index (χ0) is 17.6. The Kier molecular flexibility index (Phi) is 4.63. The van der Waals surface area contributed by atoms with Crippen LogP contribution in [0, 0.1) is 19.8 Å². The van der Waals surface area contributed by atoms with E-state index in [1.165, 1.54) is 38.9 Å². The molecule has 138 valence electrons. The van der Waals surface area contributed by atoms with Crippen molar-refractivity contribution in [3.8, 4) is 0 Å². The first kappa shape index (κ1) is 17.1. The minimum atomic E-state index is 0.151. The summed E-state index contributed by atoms with van der Waals surface area (Å²) in [7, 11) is 2.30. The second-order valence-corrected chi connectivity index (χ2v) is 8.26. The van der Waals surface area contributed by atoms with E-state index in [0.29, 0.717) is 18.0 Å². The molecule has 3 atom stereocenters. The fourth-order valence-electron chi connectivity index (χ4n) is 5.24. The average molecular weight is 345 g/mol. The summed E-state index contributed by atoms with van der Waals surface area (Å²) >= 11 is 0. The van der Waals surface area contributed by atoms with Gasteiger partial charge in [0.1, 0.15) is 11.5 Å². The Morgan fingerprint density at radius 1 is 1.24 bits per heavy atom. The van der Waals surface area contributed by atoms with Crippen molar-refractivity contribution in [3.05, 3.63) is 23.2 Å². The van der Waals surface area contributed by atoms with Gasteiger partial charge in [0.05, 0.1) is 5.56 Å². The number of furan rings is 1. The molecule has 3 fully saturated rings. The molecule has 0 saturated carbocycles. The summed E-state index contributed by atoms with van der Waals surface area (Å²) in [4.78, 5) is 20.2. The third-order valence-electron chi connectivity index (χ3n) is 6.59. The Morgan fingerprint density at radius 3 is 2.68 bits per heavy atom. The van der Waals surface area contributed by atoms with Crippen molar-refractivity contribution in [1.29, 1.82) is 0 Å². The normalized spacial score (nSPS) is 30.8. The van der Waals surface area contributed by atoms with Crippen LogP contribution in [0.5, 0.6) is 0 Å². The van der Waals surface area contributed by atoms with Crippen LogP contribution in [-0.2, 0) is 0 Å². The van der Waals surface area contributed by atoms with Gasteiger partial charge >= 0.3 is 0 Å². The molecule has 0 bridgehead atoms. The molecule has 0 aromatic carbocycles. The Labute approximate surface area is 150 Å². The van der Waals surface area contributed by atoms with Gasteiger partial charge in [-0.3, -0.25) is 9.69 Å². The van der Waals surface area contributed by atoms with Crippen molar-refractivity contribution < 1.29 is 9.21 Å². The SMILES string of the molecule is Cc1cc(C(=O)N2CC[C@@H]3[C@@H](C[C@H](CN4CCCC4)N3C)C2)c(C)o1. The Bertz CT molecular complexity index is 635. The van der Waals surface area contributed by atoms with E-state index in [4.69, 9.17) is 4.42 Å². The number of likely N-dealkylation sites (N-methyl/N-ethyl adjacent to an activating group) is 1. The molecule has 0 radical (unpaired) electrons. The minimum Gasteiger partial charge on any atom is -0.466 e. The van der Waals surface area contributed by atoms with Crippen LogP contribution in [0.3, 0.4) is 0 Å². The quantitative estimate of drug-likeness (QED) is 0.844. The van der Waals surface area contributed by atoms with Crippen LogP contribution in [0.25, 0.3) is 0 Å². The third-order valence-corrected chi connectivity index (χ3v) is 6.59. The number of amides is 1. The molecular formula is C20H31N3O2. The fraction of sp³-hybridized carbons (Fsp3) is 0.750. The number of piperidine rings is 1. The van der Waals surface area contributed by atoms with Gasteiger partial charge in [0, 0.05) is 31.7 Å². The van der Waals surface area contributed by atoms with E-state index in [9.17, 15) is 4.79 Å². The maximum Gasteiger partial charge on any atom is 0.257 e. The van der Waals surface area contributed by atoms with E-state index < -0.39 is 0 Å². The molecule has 0 N–H and O–H groups in total. The average Bonchev–Trinajstić information content (AvgIpc) is 3.28. The highest BCUT2D eigenvalue weighted by Crippen LogP contribution is 2.35. The molecule has 0 spiro atoms. The van der Waals surface area contributed by atoms with Crippen LogP contribution in [0.4, 0.5) is 0 Å². The van der Waals surface area contributed by atoms with E-state index in [2.05, 4.69) is 21.7 Å². The number of hydrogen-bond donors (Lipinski definition) is 0. The van der Waals surface area contributed by atoms with E-state index in [-0.39, 0.29) is 5.91 Å². The molecule has 5 nitrogen and oxygen atoms in total. The number of rotatable bonds is 3. The van der Waals surface area contributed by atoms with Gasteiger partial charge in [0.25, 0.3) is 5.91 Å². The molecule has 5 heteroatoms. The molecule has 3 saturated heterocycles. The van der Waals surface area contributed by atoms with Crippen molar-refractivity contribution in [2.75, 3.05) is 39.8 Å². The Hall–Kier alpha value is -1.33. The highest BCUT2D eigenvalue weighted by Gasteiger charge is 2.43. The molecule has 4 rings (SSSR count). The fourth-order valence-corrected chi connectivity index (χ4v) is 5.24. The number of hydrogen-bond acceptors (Lipinski definition) is 4. The number of carbonyl (C=O) groups is 1. The van der Waals surface area contributed by atoms with Gasteiger partial charge in [-0.1, -0.05) is 0 Å². The number of likely N-dealkylation sites (tertiary alicyclic amines) is 3. The monoisotopic (exact) mass is 345 g/mol. The van der Waals surface area contributed by atoms with Crippen LogP contribution in [0.2, 0.25) is 0 Å². The van der Waals surface area contributed by atoms with Gasteiger partial charge in [0.2, 0.25) is 0 Å². The van der Waals surface area contributed by atoms with Crippen molar-refractivity contribution in [3.63, 3.8) is 0 Å². The summed E-state index contributed by atoms with van der Waals surface area (Å²) in [6.45, 7) is 9.30. The van der Waals surface area contributed by atoms with E-state index in [1.807, 2.05) is 19.9 Å². The largest absolute Gasteiger partial charge is 0.466 e. The topological polar surface area (TPSA) is 39.9 Å². The standard InChI is InChI=1S/C20H31N3O2/c1-14-10-18(15(2)25-14)20(24)23-9-6-19-16(12-23)11-17(21(19)3)13-22-7-4-5-8-22/h10,16-17,19H,4-9,11-13H2,1-3H3/t16-,17+,19+/m0/s1. The first-order chi connectivity index (χ1) is 12.0. The molecule has 25 heavy (non-hydrogen) atoms. The van der Waals surface area contributed by atoms with Gasteiger partial charge in [-0.05, 0) is 71.7 Å². The zero-order valence-electron chi connectivity index (χ0n) is 15.8. The number of aryl methyl sites for hydroxylation is 2. The van der Waals surface area contributed by atoms with Gasteiger partial charge < -0.3 is 14.2 Å². The molecule has 1 aromatic heterocycles. The highest BCUT2D eigenvalue weighted by atomic mass is 16.3. The summed E-state index contributed by atoms with van der Waals surface area (Å²) < 4.78 is 5.56. The maximum atomic E-state index is 12.9. The van der Waals surface area contributed by atoms with Crippen LogP contribution >= 0.6 is 0 Å². The van der Waals surface area contributed by atoms with Gasteiger partial charge in [0.15, 0.2) is 0 Å². The summed E-state index contributed by atoms with van der Waals surface area (Å²) in [5, 5.41) is 0. The Morgan fingerprint density at radius 2 is 2.00 bits per heavy atom. The summed E-state index contributed by atoms with van der Waals surface area (Å²) in [5.41, 5.74) is 0.746. The number of nitrogens with zero attached hydrogens (tertiary/aromatic N) is 3. The first-order valence-corrected chi connectivity index (χ1v) is 9.83. The lowest BCUT2D eigenvalue weighted by atomic mass is 9.91. The summed E-state index contributed by atoms with van der Waals surface area (Å²) in [6, 6.07) is 3.19. The second-order valence-electron chi connectivity index (χ2n) is 8.26. The predicted molar refractivity (Wildman–Crippen MR) is 97.8 cm³/mol. The number of carbonyl (C=O) groups excluding carboxylic acids is 1. The molecule has 4 heterocycles. The van der Waals surface area contributed by atoms with Gasteiger partial charge in [-0.25, -0.2) is 0 Å². The van der Waals surface area contributed by atoms with Crippen molar-refractivity contribution in [1.82, 2.24) is 14.7 Å². The van der Waals surface area contributed by atoms with E-state index >= 15 is 0 Å². The van der Waals surface area contributed by atoms with Gasteiger partial charge in [-0.15, -0.1) is 0 Å². The number of fused-ring (bicyclic) bond motifs is 1. The lowest BCUT2D eigenvalue weighted by molar-refractivity contribution is 0.0603. The highest BCUT2D eigenvalue weighted by molar-refractivity contribution is 5.95. The van der Waals surface area contributed by atoms with Crippen LogP contribution < -0.4 is 0 Å². The predicted octanol–water partition coefficient (Wildman–Crippen LogP) is 2.53. The molecule has 3 aliphatic rings. The minimum absolute atomic E-state index is 0.151. The summed E-state index contributed by atoms with van der Waals surface area (Å²) in [5.74, 6) is 2.34. The molecule has 0 aliphatic carbocycles. The molecule has 1 amide bonds. The van der Waals surface area contributed by atoms with Crippen molar-refractivity contribution >= 4 is 5.91 Å². The lowest BCUT2D eigenvalue weighted by Gasteiger charge is -2.37. The third kappa shape index (κ3) is 3.24. The first-order valence-electron chi connectivity index (χ1n) is 9.83. The van der Waals surface area contributed by atoms with Crippen LogP contribution in [0.15, 0.2) is 10.5 Å². The molecule has 1 aromatic rings. The molecular weight excluding hydrogens is 314 g/mol. The molecule has 3 aliphatic heterocycles. The smallest absolute Gasteiger partial charge is 0.257 e. The van der Waals surface area contributed by atoms with E-state index in [0.717, 1.165) is 36.6 Å². The zero-order valence-corrected chi connectivity index (χ0v) is 15.8. The summed E-state index contributed by atoms with van der Waals surface area (Å²) in [6.07, 6.45) is 5.04. The van der Waals surface area contributed by atoms with Crippen molar-refractivity contribution in [2.45, 2.75) is 51.6 Å². The van der Waals surface area contributed by atoms with Crippen molar-refractivity contribution in [2.24, 2.45) is 5.92 Å². The molecule has 0 unspecified atom stereocenters. The van der Waals surface area contributed by atoms with E-state index in [1.54, 1.807) is 0 Å².